The van der Waals surface area contributed by atoms with Gasteiger partial charge in [0.15, 0.2) is 0 Å². The van der Waals surface area contributed by atoms with Crippen LogP contribution in [0, 0.1) is 12.8 Å². The zero-order valence-electron chi connectivity index (χ0n) is 12.1. The zero-order chi connectivity index (χ0) is 14.4. The standard InChI is InChI=1S/C19H18ClN/c1-13-19(15-5-3-2-4-6-15)17-11-16(20)9-10-18(17)21(13)12-14-7-8-14/h2-6,9-11,14H,7-8,12H2,1H3. The number of fused-ring (bicyclic) bond motifs is 1. The third-order valence-corrected chi connectivity index (χ3v) is 4.72. The molecule has 0 spiro atoms. The van der Waals surface area contributed by atoms with Crippen molar-refractivity contribution in [3.05, 3.63) is 59.2 Å². The molecule has 3 aromatic rings. The number of rotatable bonds is 3. The Kier molecular flexibility index (Phi) is 3.04. The van der Waals surface area contributed by atoms with E-state index in [9.17, 15) is 0 Å². The summed E-state index contributed by atoms with van der Waals surface area (Å²) in [4.78, 5) is 0. The molecule has 2 aromatic carbocycles. The lowest BCUT2D eigenvalue weighted by molar-refractivity contribution is 0.634. The molecule has 1 saturated carbocycles. The van der Waals surface area contributed by atoms with E-state index >= 15 is 0 Å². The molecule has 4 rings (SSSR count). The summed E-state index contributed by atoms with van der Waals surface area (Å²) in [5.74, 6) is 0.860. The third-order valence-electron chi connectivity index (χ3n) is 4.49. The van der Waals surface area contributed by atoms with Crippen LogP contribution in [0.5, 0.6) is 0 Å². The van der Waals surface area contributed by atoms with E-state index < -0.39 is 0 Å². The van der Waals surface area contributed by atoms with E-state index in [4.69, 9.17) is 11.6 Å². The van der Waals surface area contributed by atoms with Crippen molar-refractivity contribution >= 4 is 22.5 Å². The Balaban J connectivity index is 2.00. The molecule has 1 heterocycles. The van der Waals surface area contributed by atoms with E-state index in [-0.39, 0.29) is 0 Å². The number of nitrogens with zero attached hydrogens (tertiary/aromatic N) is 1. The Morgan fingerprint density at radius 1 is 1.10 bits per heavy atom. The van der Waals surface area contributed by atoms with Gasteiger partial charge < -0.3 is 4.57 Å². The molecule has 1 nitrogen and oxygen atoms in total. The minimum absolute atomic E-state index is 0.809. The van der Waals surface area contributed by atoms with Gasteiger partial charge in [0.05, 0.1) is 0 Å². The molecule has 0 N–H and O–H groups in total. The highest BCUT2D eigenvalue weighted by atomic mass is 35.5. The Bertz CT molecular complexity index is 797. The highest BCUT2D eigenvalue weighted by Crippen LogP contribution is 2.39. The van der Waals surface area contributed by atoms with Crippen LogP contribution in [0.4, 0.5) is 0 Å². The Labute approximate surface area is 130 Å². The van der Waals surface area contributed by atoms with Crippen LogP contribution in [0.25, 0.3) is 22.0 Å². The van der Waals surface area contributed by atoms with Crippen molar-refractivity contribution in [3.8, 4) is 11.1 Å². The smallest absolute Gasteiger partial charge is 0.0490 e. The van der Waals surface area contributed by atoms with Crippen LogP contribution in [-0.2, 0) is 6.54 Å². The lowest BCUT2D eigenvalue weighted by Crippen LogP contribution is -2.01. The van der Waals surface area contributed by atoms with E-state index in [2.05, 4.69) is 54.0 Å². The summed E-state index contributed by atoms with van der Waals surface area (Å²) < 4.78 is 2.48. The molecular weight excluding hydrogens is 278 g/mol. The highest BCUT2D eigenvalue weighted by Gasteiger charge is 2.24. The molecule has 0 unspecified atom stereocenters. The van der Waals surface area contributed by atoms with Gasteiger partial charge in [-0.3, -0.25) is 0 Å². The van der Waals surface area contributed by atoms with Crippen LogP contribution in [-0.4, -0.2) is 4.57 Å². The number of halogens is 1. The van der Waals surface area contributed by atoms with Crippen molar-refractivity contribution in [1.82, 2.24) is 4.57 Å². The summed E-state index contributed by atoms with van der Waals surface area (Å²) in [6.07, 6.45) is 2.74. The lowest BCUT2D eigenvalue weighted by atomic mass is 10.0. The minimum atomic E-state index is 0.809. The molecule has 0 radical (unpaired) electrons. The fourth-order valence-corrected chi connectivity index (χ4v) is 3.39. The molecule has 0 bridgehead atoms. The van der Waals surface area contributed by atoms with E-state index in [1.54, 1.807) is 0 Å². The number of hydrogen-bond acceptors (Lipinski definition) is 0. The fraction of sp³-hybridized carbons (Fsp3) is 0.263. The molecule has 106 valence electrons. The van der Waals surface area contributed by atoms with E-state index in [1.165, 1.54) is 40.6 Å². The van der Waals surface area contributed by atoms with Gasteiger partial charge in [0, 0.05) is 33.7 Å². The zero-order valence-corrected chi connectivity index (χ0v) is 12.9. The lowest BCUT2D eigenvalue weighted by Gasteiger charge is -2.08. The SMILES string of the molecule is Cc1c(-c2ccccc2)c2cc(Cl)ccc2n1CC1CC1. The summed E-state index contributed by atoms with van der Waals surface area (Å²) in [6, 6.07) is 16.9. The maximum absolute atomic E-state index is 6.25. The van der Waals surface area contributed by atoms with Gasteiger partial charge in [-0.2, -0.15) is 0 Å². The van der Waals surface area contributed by atoms with E-state index in [0.717, 1.165) is 17.5 Å². The molecule has 2 heteroatoms. The van der Waals surface area contributed by atoms with E-state index in [0.29, 0.717) is 0 Å². The first-order valence-corrected chi connectivity index (χ1v) is 7.95. The monoisotopic (exact) mass is 295 g/mol. The quantitative estimate of drug-likeness (QED) is 0.586. The molecular formula is C19H18ClN. The van der Waals surface area contributed by atoms with Gasteiger partial charge in [0.2, 0.25) is 0 Å². The first-order valence-electron chi connectivity index (χ1n) is 7.58. The van der Waals surface area contributed by atoms with Crippen molar-refractivity contribution in [2.45, 2.75) is 26.3 Å². The van der Waals surface area contributed by atoms with Gasteiger partial charge in [-0.25, -0.2) is 0 Å². The maximum Gasteiger partial charge on any atom is 0.0490 e. The second-order valence-electron chi connectivity index (χ2n) is 6.04. The first-order chi connectivity index (χ1) is 10.2. The molecule has 21 heavy (non-hydrogen) atoms. The second kappa shape index (κ2) is 4.92. The topological polar surface area (TPSA) is 4.93 Å². The number of benzene rings is 2. The summed E-state index contributed by atoms with van der Waals surface area (Å²) in [5, 5.41) is 2.08. The molecule has 1 fully saturated rings. The van der Waals surface area contributed by atoms with Crippen LogP contribution in [0.1, 0.15) is 18.5 Å². The summed E-state index contributed by atoms with van der Waals surface area (Å²) in [5.41, 5.74) is 5.26. The first kappa shape index (κ1) is 13.0. The van der Waals surface area contributed by atoms with Gasteiger partial charge >= 0.3 is 0 Å². The Hall–Kier alpha value is -1.73. The van der Waals surface area contributed by atoms with Gasteiger partial charge in [-0.05, 0) is 49.4 Å². The Morgan fingerprint density at radius 3 is 2.57 bits per heavy atom. The van der Waals surface area contributed by atoms with Crippen LogP contribution < -0.4 is 0 Å². The minimum Gasteiger partial charge on any atom is -0.344 e. The van der Waals surface area contributed by atoms with E-state index in [1.807, 2.05) is 6.07 Å². The predicted molar refractivity (Wildman–Crippen MR) is 89.8 cm³/mol. The summed E-state index contributed by atoms with van der Waals surface area (Å²) >= 11 is 6.25. The second-order valence-corrected chi connectivity index (χ2v) is 6.48. The average molecular weight is 296 g/mol. The number of aromatic nitrogens is 1. The van der Waals surface area contributed by atoms with Crippen molar-refractivity contribution in [3.63, 3.8) is 0 Å². The molecule has 1 aliphatic rings. The molecule has 0 amide bonds. The maximum atomic E-state index is 6.25. The van der Waals surface area contributed by atoms with Crippen molar-refractivity contribution in [1.29, 1.82) is 0 Å². The molecule has 1 aromatic heterocycles. The molecule has 0 saturated heterocycles. The van der Waals surface area contributed by atoms with Crippen molar-refractivity contribution < 1.29 is 0 Å². The van der Waals surface area contributed by atoms with Crippen LogP contribution in [0.3, 0.4) is 0 Å². The summed E-state index contributed by atoms with van der Waals surface area (Å²) in [6.45, 7) is 3.37. The number of hydrogen-bond donors (Lipinski definition) is 0. The van der Waals surface area contributed by atoms with Gasteiger partial charge in [0.1, 0.15) is 0 Å². The normalized spacial score (nSPS) is 14.8. The molecule has 1 aliphatic carbocycles. The Morgan fingerprint density at radius 2 is 1.86 bits per heavy atom. The highest BCUT2D eigenvalue weighted by molar-refractivity contribution is 6.31. The van der Waals surface area contributed by atoms with Gasteiger partial charge in [0.25, 0.3) is 0 Å². The summed E-state index contributed by atoms with van der Waals surface area (Å²) in [7, 11) is 0. The van der Waals surface area contributed by atoms with Crippen molar-refractivity contribution in [2.75, 3.05) is 0 Å². The average Bonchev–Trinajstić information content (AvgIpc) is 3.26. The molecule has 0 aliphatic heterocycles. The van der Waals surface area contributed by atoms with Gasteiger partial charge in [-0.1, -0.05) is 41.9 Å². The van der Waals surface area contributed by atoms with Crippen LogP contribution in [0.15, 0.2) is 48.5 Å². The molecule has 0 atom stereocenters. The predicted octanol–water partition coefficient (Wildman–Crippen LogP) is 5.68. The van der Waals surface area contributed by atoms with Gasteiger partial charge in [-0.15, -0.1) is 0 Å². The van der Waals surface area contributed by atoms with Crippen molar-refractivity contribution in [2.24, 2.45) is 5.92 Å². The largest absolute Gasteiger partial charge is 0.344 e. The fourth-order valence-electron chi connectivity index (χ4n) is 3.22. The van der Waals surface area contributed by atoms with Crippen LogP contribution in [0.2, 0.25) is 5.02 Å². The third kappa shape index (κ3) is 2.26. The van der Waals surface area contributed by atoms with Crippen LogP contribution >= 0.6 is 11.6 Å².